The van der Waals surface area contributed by atoms with E-state index in [2.05, 4.69) is 0 Å². The summed E-state index contributed by atoms with van der Waals surface area (Å²) in [4.78, 5) is 0. The lowest BCUT2D eigenvalue weighted by molar-refractivity contribution is -0.406. The van der Waals surface area contributed by atoms with Gasteiger partial charge in [-0.1, -0.05) is 31.2 Å². The third-order valence-corrected chi connectivity index (χ3v) is 3.22. The molecule has 0 aliphatic heterocycles. The van der Waals surface area contributed by atoms with Gasteiger partial charge in [0, 0.05) is 0 Å². The van der Waals surface area contributed by atoms with Crippen LogP contribution in [-0.4, -0.2) is 29.1 Å². The molecule has 0 saturated heterocycles. The van der Waals surface area contributed by atoms with Crippen LogP contribution in [0, 0.1) is 0 Å². The molecule has 10 heteroatoms. The van der Waals surface area contributed by atoms with E-state index < -0.39 is 35.6 Å². The molecule has 0 spiro atoms. The summed E-state index contributed by atoms with van der Waals surface area (Å²) in [5.74, 6) is -19.9. The van der Waals surface area contributed by atoms with Crippen molar-refractivity contribution in [2.24, 2.45) is 0 Å². The fourth-order valence-corrected chi connectivity index (χ4v) is 1.70. The molecule has 0 aliphatic rings. The van der Waals surface area contributed by atoms with Gasteiger partial charge < -0.3 is 5.11 Å². The Kier molecular flexibility index (Phi) is 5.01. The number of aliphatic hydroxyl groups is 1. The lowest BCUT2D eigenvalue weighted by Gasteiger charge is -2.35. The SMILES string of the molecule is CCc1ccc(C(O)C(F)(F)C(F)(F)C(F)(F)C(F)(F)F)cc1. The second kappa shape index (κ2) is 5.88. The zero-order chi connectivity index (χ0) is 18.3. The molecule has 0 saturated carbocycles. The highest BCUT2D eigenvalue weighted by molar-refractivity contribution is 5.26. The first kappa shape index (κ1) is 19.6. The fourth-order valence-electron chi connectivity index (χ4n) is 1.70. The number of benzene rings is 1. The van der Waals surface area contributed by atoms with Gasteiger partial charge >= 0.3 is 23.9 Å². The Morgan fingerprint density at radius 3 is 1.61 bits per heavy atom. The Labute approximate surface area is 124 Å². The van der Waals surface area contributed by atoms with E-state index in [9.17, 15) is 44.6 Å². The van der Waals surface area contributed by atoms with E-state index in [1.807, 2.05) is 0 Å². The summed E-state index contributed by atoms with van der Waals surface area (Å²) in [5.41, 5.74) is -0.360. The largest absolute Gasteiger partial charge is 0.460 e. The molecule has 1 atom stereocenters. The van der Waals surface area contributed by atoms with Crippen LogP contribution in [0.25, 0.3) is 0 Å². The maximum Gasteiger partial charge on any atom is 0.460 e. The maximum atomic E-state index is 13.5. The van der Waals surface area contributed by atoms with Crippen molar-refractivity contribution in [3.63, 3.8) is 0 Å². The zero-order valence-electron chi connectivity index (χ0n) is 11.4. The maximum absolute atomic E-state index is 13.5. The van der Waals surface area contributed by atoms with Crippen LogP contribution >= 0.6 is 0 Å². The average molecular weight is 354 g/mol. The van der Waals surface area contributed by atoms with Crippen molar-refractivity contribution in [1.29, 1.82) is 0 Å². The van der Waals surface area contributed by atoms with E-state index in [1.54, 1.807) is 6.92 Å². The summed E-state index contributed by atoms with van der Waals surface area (Å²) in [6.45, 7) is 1.66. The minimum absolute atomic E-state index is 0.426. The standard InChI is InChI=1S/C13H11F9O/c1-2-7-3-5-8(6-4-7)9(23)10(14,15)11(16,17)12(18,19)13(20,21)22/h3-6,9,23H,2H2,1H3. The molecular formula is C13H11F9O. The molecule has 0 radical (unpaired) electrons. The molecule has 1 aromatic carbocycles. The van der Waals surface area contributed by atoms with E-state index in [4.69, 9.17) is 0 Å². The van der Waals surface area contributed by atoms with Gasteiger partial charge in [0.15, 0.2) is 0 Å². The van der Waals surface area contributed by atoms with Crippen LogP contribution in [0.4, 0.5) is 39.5 Å². The van der Waals surface area contributed by atoms with Crippen molar-refractivity contribution >= 4 is 0 Å². The number of alkyl halides is 9. The van der Waals surface area contributed by atoms with Crippen molar-refractivity contribution in [1.82, 2.24) is 0 Å². The molecule has 132 valence electrons. The van der Waals surface area contributed by atoms with Crippen molar-refractivity contribution in [2.45, 2.75) is 43.4 Å². The topological polar surface area (TPSA) is 20.2 Å². The number of hydrogen-bond donors (Lipinski definition) is 1. The second-order valence-electron chi connectivity index (χ2n) is 4.77. The normalized spacial score (nSPS) is 15.6. The van der Waals surface area contributed by atoms with Crippen LogP contribution in [-0.2, 0) is 6.42 Å². The number of hydrogen-bond acceptors (Lipinski definition) is 1. The highest BCUT2D eigenvalue weighted by Gasteiger charge is 2.83. The van der Waals surface area contributed by atoms with Crippen LogP contribution < -0.4 is 0 Å². The first-order chi connectivity index (χ1) is 10.2. The summed E-state index contributed by atoms with van der Waals surface area (Å²) >= 11 is 0. The van der Waals surface area contributed by atoms with E-state index >= 15 is 0 Å². The highest BCUT2D eigenvalue weighted by Crippen LogP contribution is 2.56. The minimum atomic E-state index is -7.02. The summed E-state index contributed by atoms with van der Waals surface area (Å²) in [6.07, 6.45) is -10.0. The van der Waals surface area contributed by atoms with Crippen LogP contribution in [0.2, 0.25) is 0 Å². The number of halogens is 9. The molecule has 0 heterocycles. The molecule has 1 unspecified atom stereocenters. The summed E-state index contributed by atoms with van der Waals surface area (Å²) in [6, 6.07) is 3.79. The van der Waals surface area contributed by atoms with Gasteiger partial charge in [-0.15, -0.1) is 0 Å². The monoisotopic (exact) mass is 354 g/mol. The zero-order valence-corrected chi connectivity index (χ0v) is 11.4. The van der Waals surface area contributed by atoms with Gasteiger partial charge in [0.1, 0.15) is 6.10 Å². The van der Waals surface area contributed by atoms with Crippen molar-refractivity contribution in [2.75, 3.05) is 0 Å². The van der Waals surface area contributed by atoms with Gasteiger partial charge in [0.25, 0.3) is 0 Å². The van der Waals surface area contributed by atoms with E-state index in [1.165, 1.54) is 0 Å². The quantitative estimate of drug-likeness (QED) is 0.757. The van der Waals surface area contributed by atoms with Crippen molar-refractivity contribution in [3.8, 4) is 0 Å². The molecule has 0 amide bonds. The lowest BCUT2D eigenvalue weighted by atomic mass is 9.93. The number of aliphatic hydroxyl groups excluding tert-OH is 1. The molecule has 1 aromatic rings. The molecule has 1 N–H and O–H groups in total. The third kappa shape index (κ3) is 3.13. The van der Waals surface area contributed by atoms with Gasteiger partial charge in [-0.2, -0.15) is 39.5 Å². The summed E-state index contributed by atoms with van der Waals surface area (Å²) in [7, 11) is 0. The summed E-state index contributed by atoms with van der Waals surface area (Å²) in [5, 5.41) is 9.25. The van der Waals surface area contributed by atoms with E-state index in [0.29, 0.717) is 12.0 Å². The molecular weight excluding hydrogens is 343 g/mol. The van der Waals surface area contributed by atoms with Gasteiger partial charge in [-0.05, 0) is 17.5 Å². The van der Waals surface area contributed by atoms with Crippen LogP contribution in [0.15, 0.2) is 24.3 Å². The third-order valence-electron chi connectivity index (χ3n) is 3.22. The van der Waals surface area contributed by atoms with Gasteiger partial charge in [-0.25, -0.2) is 0 Å². The van der Waals surface area contributed by atoms with Gasteiger partial charge in [0.2, 0.25) is 0 Å². The van der Waals surface area contributed by atoms with Crippen LogP contribution in [0.5, 0.6) is 0 Å². The molecule has 1 rings (SSSR count). The molecule has 0 bridgehead atoms. The molecule has 0 aromatic heterocycles. The predicted octanol–water partition coefficient (Wildman–Crippen LogP) is 4.75. The lowest BCUT2D eigenvalue weighted by Crippen LogP contribution is -2.62. The smallest absolute Gasteiger partial charge is 0.382 e. The summed E-state index contributed by atoms with van der Waals surface area (Å²) < 4.78 is 115. The van der Waals surface area contributed by atoms with Gasteiger partial charge in [0.05, 0.1) is 0 Å². The van der Waals surface area contributed by atoms with E-state index in [-0.39, 0.29) is 0 Å². The number of aryl methyl sites for hydroxylation is 1. The molecule has 0 aliphatic carbocycles. The van der Waals surface area contributed by atoms with E-state index in [0.717, 1.165) is 24.3 Å². The average Bonchev–Trinajstić information content (AvgIpc) is 2.44. The Morgan fingerprint density at radius 2 is 1.26 bits per heavy atom. The Balaban J connectivity index is 3.26. The van der Waals surface area contributed by atoms with Crippen molar-refractivity contribution < 1.29 is 44.6 Å². The first-order valence-electron chi connectivity index (χ1n) is 6.17. The van der Waals surface area contributed by atoms with Crippen LogP contribution in [0.3, 0.4) is 0 Å². The molecule has 1 nitrogen and oxygen atoms in total. The van der Waals surface area contributed by atoms with Crippen molar-refractivity contribution in [3.05, 3.63) is 35.4 Å². The highest BCUT2D eigenvalue weighted by atomic mass is 19.4. The van der Waals surface area contributed by atoms with Gasteiger partial charge in [-0.3, -0.25) is 0 Å². The van der Waals surface area contributed by atoms with Crippen LogP contribution in [0.1, 0.15) is 24.2 Å². The second-order valence-corrected chi connectivity index (χ2v) is 4.77. The Hall–Kier alpha value is -1.45. The minimum Gasteiger partial charge on any atom is -0.382 e. The Morgan fingerprint density at radius 1 is 0.826 bits per heavy atom. The fraction of sp³-hybridized carbons (Fsp3) is 0.538. The Bertz CT molecular complexity index is 533. The predicted molar refractivity (Wildman–Crippen MR) is 61.7 cm³/mol. The molecule has 0 fully saturated rings. The molecule has 23 heavy (non-hydrogen) atoms. The number of rotatable bonds is 5. The first-order valence-corrected chi connectivity index (χ1v) is 6.17.